The fourth-order valence-corrected chi connectivity index (χ4v) is 0.773. The fourth-order valence-electron chi connectivity index (χ4n) is 0.386. The van der Waals surface area contributed by atoms with Gasteiger partial charge in [-0.05, 0) is 0 Å². The maximum Gasteiger partial charge on any atom is 0.323 e. The summed E-state index contributed by atoms with van der Waals surface area (Å²) in [6.07, 6.45) is 0. The van der Waals surface area contributed by atoms with Gasteiger partial charge in [0.15, 0.2) is 5.82 Å². The topological polar surface area (TPSA) is 52.0 Å². The van der Waals surface area contributed by atoms with Crippen molar-refractivity contribution in [2.75, 3.05) is 5.73 Å². The number of rotatable bonds is 0. The Kier molecular flexibility index (Phi) is 1.05. The van der Waals surface area contributed by atoms with Crippen LogP contribution in [0.1, 0.15) is 0 Å². The van der Waals surface area contributed by atoms with Crippen LogP contribution in [0.4, 0.5) is 5.82 Å². The minimum Gasteiger partial charge on any atom is -0.381 e. The van der Waals surface area contributed by atoms with E-state index in [0.717, 1.165) is 20.9 Å². The van der Waals surface area contributed by atoms with Crippen molar-refractivity contribution in [3.63, 3.8) is 0 Å². The van der Waals surface area contributed by atoms with Crippen molar-refractivity contribution >= 4 is 26.7 Å². The van der Waals surface area contributed by atoms with Gasteiger partial charge in [0.2, 0.25) is 0 Å². The van der Waals surface area contributed by atoms with E-state index in [-0.39, 0.29) is 0 Å². The summed E-state index contributed by atoms with van der Waals surface area (Å²) < 4.78 is 5.54. The van der Waals surface area contributed by atoms with Gasteiger partial charge in [0, 0.05) is 10.7 Å². The summed E-state index contributed by atoms with van der Waals surface area (Å²) in [6, 6.07) is 1.73. The molecule has 0 saturated heterocycles. The first-order valence-electron chi connectivity index (χ1n) is 1.98. The highest BCUT2D eigenvalue weighted by Crippen LogP contribution is 1.87. The lowest BCUT2D eigenvalue weighted by Gasteiger charge is -1.65. The molecular formula is C3H5AlN2O. The number of nitrogen functional groups attached to an aromatic ring is 1. The maximum absolute atomic E-state index is 5.20. The summed E-state index contributed by atoms with van der Waals surface area (Å²) in [5, 5.41) is 3.45. The smallest absolute Gasteiger partial charge is 0.323 e. The molecule has 7 heavy (non-hydrogen) atoms. The van der Waals surface area contributed by atoms with Crippen LogP contribution in [0, 0.1) is 0 Å². The Morgan fingerprint density at radius 2 is 2.57 bits per heavy atom. The zero-order chi connectivity index (χ0) is 5.28. The van der Waals surface area contributed by atoms with Gasteiger partial charge in [0.1, 0.15) is 0 Å². The van der Waals surface area contributed by atoms with Gasteiger partial charge < -0.3 is 10.3 Å². The summed E-state index contributed by atoms with van der Waals surface area (Å²) in [6.45, 7) is 0. The fraction of sp³-hybridized carbons (Fsp3) is 0. The molecule has 1 rings (SSSR count). The van der Waals surface area contributed by atoms with Gasteiger partial charge in [-0.1, -0.05) is 5.16 Å². The largest absolute Gasteiger partial charge is 0.381 e. The van der Waals surface area contributed by atoms with Gasteiger partial charge in [0.25, 0.3) is 0 Å². The number of nitrogens with zero attached hydrogens (tertiary/aromatic N) is 1. The maximum atomic E-state index is 5.20. The lowest BCUT2D eigenvalue weighted by Crippen LogP contribution is -1.93. The second kappa shape index (κ2) is 1.57. The number of hydrogen-bond acceptors (Lipinski definition) is 3. The summed E-state index contributed by atoms with van der Waals surface area (Å²) in [4.78, 5) is 0. The van der Waals surface area contributed by atoms with Crippen LogP contribution >= 0.6 is 0 Å². The van der Waals surface area contributed by atoms with Crippen LogP contribution in [0.15, 0.2) is 10.6 Å². The molecule has 0 spiro atoms. The molecule has 0 saturated carbocycles. The van der Waals surface area contributed by atoms with Gasteiger partial charge in [-0.15, -0.1) is 0 Å². The number of anilines is 1. The molecule has 0 aromatic carbocycles. The van der Waals surface area contributed by atoms with Crippen LogP contribution in [0.25, 0.3) is 0 Å². The highest BCUT2D eigenvalue weighted by atomic mass is 27.0. The second-order valence-electron chi connectivity index (χ2n) is 1.36. The average molecular weight is 112 g/mol. The Morgan fingerprint density at radius 3 is 2.71 bits per heavy atom. The van der Waals surface area contributed by atoms with E-state index in [2.05, 4.69) is 9.68 Å². The average Bonchev–Trinajstić information content (AvgIpc) is 1.87. The van der Waals surface area contributed by atoms with Crippen molar-refractivity contribution in [2.24, 2.45) is 0 Å². The first kappa shape index (κ1) is 4.70. The lowest BCUT2D eigenvalue weighted by molar-refractivity contribution is 0.450. The predicted octanol–water partition coefficient (Wildman–Crippen LogP) is -1.48. The predicted molar refractivity (Wildman–Crippen MR) is 29.1 cm³/mol. The second-order valence-corrected chi connectivity index (χ2v) is 2.35. The lowest BCUT2D eigenvalue weighted by atomic mass is 10.7. The highest BCUT2D eigenvalue weighted by molar-refractivity contribution is 6.29. The van der Waals surface area contributed by atoms with E-state index in [0.29, 0.717) is 5.82 Å². The molecule has 0 radical (unpaired) electrons. The first-order valence-corrected chi connectivity index (χ1v) is 2.98. The van der Waals surface area contributed by atoms with Crippen molar-refractivity contribution in [3.05, 3.63) is 6.07 Å². The molecule has 0 aliphatic carbocycles. The van der Waals surface area contributed by atoms with E-state index in [4.69, 9.17) is 5.73 Å². The Labute approximate surface area is 48.9 Å². The Bertz CT molecular complexity index is 145. The van der Waals surface area contributed by atoms with Crippen LogP contribution < -0.4 is 10.4 Å². The third-order valence-corrected chi connectivity index (χ3v) is 1.12. The summed E-state index contributed by atoms with van der Waals surface area (Å²) in [5.41, 5.74) is 5.20. The molecule has 0 fully saturated rings. The van der Waals surface area contributed by atoms with E-state index in [1.807, 2.05) is 0 Å². The molecule has 0 atom stereocenters. The summed E-state index contributed by atoms with van der Waals surface area (Å²) in [7, 11) is 0. The van der Waals surface area contributed by atoms with Crippen LogP contribution in [-0.2, 0) is 0 Å². The summed E-state index contributed by atoms with van der Waals surface area (Å²) >= 11 is 0.885. The number of hydrogen-bond donors (Lipinski definition) is 1. The third-order valence-electron chi connectivity index (χ3n) is 0.646. The molecule has 2 N–H and O–H groups in total. The monoisotopic (exact) mass is 112 g/mol. The first-order chi connectivity index (χ1) is 3.29. The van der Waals surface area contributed by atoms with Crippen molar-refractivity contribution in [1.29, 1.82) is 0 Å². The van der Waals surface area contributed by atoms with Crippen molar-refractivity contribution < 1.29 is 4.52 Å². The quantitative estimate of drug-likeness (QED) is 0.416. The van der Waals surface area contributed by atoms with Gasteiger partial charge in [-0.2, -0.15) is 0 Å². The van der Waals surface area contributed by atoms with Gasteiger partial charge >= 0.3 is 16.3 Å². The van der Waals surface area contributed by atoms with Gasteiger partial charge in [0.05, 0.1) is 0 Å². The summed E-state index contributed by atoms with van der Waals surface area (Å²) in [5.74, 6) is 0.477. The minimum atomic E-state index is 0.477. The van der Waals surface area contributed by atoms with Crippen LogP contribution in [0.3, 0.4) is 0 Å². The Morgan fingerprint density at radius 1 is 1.86 bits per heavy atom. The van der Waals surface area contributed by atoms with Crippen molar-refractivity contribution in [2.45, 2.75) is 0 Å². The van der Waals surface area contributed by atoms with E-state index >= 15 is 0 Å². The Hall–Kier alpha value is -0.458. The van der Waals surface area contributed by atoms with E-state index in [1.165, 1.54) is 0 Å². The molecule has 0 bridgehead atoms. The SMILES string of the molecule is Nc1c[c]([AlH2])on1. The molecular weight excluding hydrogens is 107 g/mol. The zero-order valence-electron chi connectivity index (χ0n) is 4.01. The number of aromatic nitrogens is 1. The van der Waals surface area contributed by atoms with Crippen molar-refractivity contribution in [3.8, 4) is 0 Å². The third kappa shape index (κ3) is 0.953. The highest BCUT2D eigenvalue weighted by Gasteiger charge is 1.88. The normalized spacial score (nSPS) is 9.14. The molecule has 4 heteroatoms. The van der Waals surface area contributed by atoms with Crippen molar-refractivity contribution in [1.82, 2.24) is 5.16 Å². The molecule has 0 aliphatic rings. The van der Waals surface area contributed by atoms with E-state index in [9.17, 15) is 0 Å². The molecule has 1 aromatic heterocycles. The standard InChI is InChI=1S/C3H3N2O.Al.2H/c4-3-1-2-6-5-3;;;/h1H,(H2,4,5);;;. The molecule has 1 aromatic rings. The molecule has 1 heterocycles. The molecule has 3 nitrogen and oxygen atoms in total. The zero-order valence-corrected chi connectivity index (χ0v) is 6.01. The number of nitrogens with two attached hydrogens (primary N) is 1. The van der Waals surface area contributed by atoms with E-state index < -0.39 is 0 Å². The minimum absolute atomic E-state index is 0.477. The van der Waals surface area contributed by atoms with Crippen LogP contribution in [0.5, 0.6) is 0 Å². The molecule has 0 amide bonds. The van der Waals surface area contributed by atoms with Gasteiger partial charge in [-0.3, -0.25) is 0 Å². The van der Waals surface area contributed by atoms with Crippen LogP contribution in [-0.4, -0.2) is 21.4 Å². The van der Waals surface area contributed by atoms with Gasteiger partial charge in [-0.25, -0.2) is 0 Å². The molecule has 0 aliphatic heterocycles. The van der Waals surface area contributed by atoms with Crippen LogP contribution in [0.2, 0.25) is 0 Å². The molecule has 0 unspecified atom stereocenters. The van der Waals surface area contributed by atoms with E-state index in [1.54, 1.807) is 6.07 Å². The Balaban J connectivity index is 3.04. The molecule has 36 valence electrons.